The Morgan fingerprint density at radius 1 is 1.00 bits per heavy atom. The SMILES string of the molecule is CC1C2CCC(C2)C1Cn1c(=O)ccc2cnc(Nc3ccc(N4CCCCC4)cc3)nc21. The molecule has 1 aromatic carbocycles. The van der Waals surface area contributed by atoms with Gasteiger partial charge in [0.25, 0.3) is 5.56 Å². The van der Waals surface area contributed by atoms with Gasteiger partial charge >= 0.3 is 0 Å². The zero-order valence-corrected chi connectivity index (χ0v) is 19.4. The Bertz CT molecular complexity index is 1200. The largest absolute Gasteiger partial charge is 0.372 e. The van der Waals surface area contributed by atoms with E-state index in [4.69, 9.17) is 4.98 Å². The zero-order valence-electron chi connectivity index (χ0n) is 19.4. The molecule has 2 aliphatic carbocycles. The highest BCUT2D eigenvalue weighted by atomic mass is 16.1. The number of anilines is 3. The highest BCUT2D eigenvalue weighted by Gasteiger charge is 2.45. The molecule has 3 fully saturated rings. The predicted molar refractivity (Wildman–Crippen MR) is 133 cm³/mol. The van der Waals surface area contributed by atoms with E-state index in [9.17, 15) is 4.79 Å². The molecule has 0 radical (unpaired) electrons. The number of benzene rings is 1. The first-order chi connectivity index (χ1) is 16.2. The van der Waals surface area contributed by atoms with Crippen LogP contribution in [0.25, 0.3) is 11.0 Å². The summed E-state index contributed by atoms with van der Waals surface area (Å²) in [5.41, 5.74) is 3.00. The maximum Gasteiger partial charge on any atom is 0.252 e. The lowest BCUT2D eigenvalue weighted by Crippen LogP contribution is -2.30. The highest BCUT2D eigenvalue weighted by Crippen LogP contribution is 2.52. The van der Waals surface area contributed by atoms with Gasteiger partial charge in [0.15, 0.2) is 0 Å². The molecule has 2 bridgehead atoms. The first-order valence-corrected chi connectivity index (χ1v) is 12.6. The molecule has 0 spiro atoms. The van der Waals surface area contributed by atoms with Gasteiger partial charge in [-0.25, -0.2) is 4.98 Å². The zero-order chi connectivity index (χ0) is 22.4. The molecule has 0 amide bonds. The highest BCUT2D eigenvalue weighted by molar-refractivity contribution is 5.75. The molecule has 172 valence electrons. The summed E-state index contributed by atoms with van der Waals surface area (Å²) in [6.07, 6.45) is 9.71. The summed E-state index contributed by atoms with van der Waals surface area (Å²) in [5.74, 6) is 3.38. The Labute approximate surface area is 195 Å². The summed E-state index contributed by atoms with van der Waals surface area (Å²) in [6, 6.07) is 12.0. The van der Waals surface area contributed by atoms with Gasteiger partial charge in [-0.3, -0.25) is 9.36 Å². The molecule has 1 saturated heterocycles. The summed E-state index contributed by atoms with van der Waals surface area (Å²) < 4.78 is 1.89. The Morgan fingerprint density at radius 3 is 2.55 bits per heavy atom. The molecular formula is C27H33N5O. The number of aromatic nitrogens is 3. The normalized spacial score (nSPS) is 26.8. The Kier molecular flexibility index (Phi) is 5.31. The summed E-state index contributed by atoms with van der Waals surface area (Å²) in [4.78, 5) is 24.6. The van der Waals surface area contributed by atoms with Crippen LogP contribution in [-0.4, -0.2) is 27.6 Å². The molecule has 3 heterocycles. The second-order valence-corrected chi connectivity index (χ2v) is 10.3. The third-order valence-electron chi connectivity index (χ3n) is 8.50. The Morgan fingerprint density at radius 2 is 1.79 bits per heavy atom. The Balaban J connectivity index is 1.25. The van der Waals surface area contributed by atoms with E-state index in [0.717, 1.165) is 48.2 Å². The molecule has 33 heavy (non-hydrogen) atoms. The fourth-order valence-electron chi connectivity index (χ4n) is 6.57. The van der Waals surface area contributed by atoms with Crippen molar-refractivity contribution < 1.29 is 0 Å². The standard InChI is InChI=1S/C27H33N5O/c1-18-19-5-6-20(15-19)24(18)17-32-25(33)12-7-21-16-28-27(30-26(21)32)29-22-8-10-23(11-9-22)31-13-3-2-4-14-31/h7-12,16,18-20,24H,2-6,13-15,17H2,1H3,(H,28,29,30). The molecule has 4 unspecified atom stereocenters. The predicted octanol–water partition coefficient (Wildman–Crippen LogP) is 5.21. The lowest BCUT2D eigenvalue weighted by atomic mass is 9.80. The molecule has 3 aliphatic rings. The van der Waals surface area contributed by atoms with Gasteiger partial charge in [0.2, 0.25) is 5.95 Å². The van der Waals surface area contributed by atoms with Crippen molar-refractivity contribution in [3.05, 3.63) is 52.9 Å². The third kappa shape index (κ3) is 3.90. The van der Waals surface area contributed by atoms with E-state index in [1.165, 1.54) is 44.2 Å². The molecule has 1 aliphatic heterocycles. The molecule has 4 atom stereocenters. The van der Waals surface area contributed by atoms with Crippen molar-refractivity contribution in [3.63, 3.8) is 0 Å². The summed E-state index contributed by atoms with van der Waals surface area (Å²) in [5, 5.41) is 4.26. The number of fused-ring (bicyclic) bond motifs is 3. The molecule has 3 aromatic rings. The average Bonchev–Trinajstić information content (AvgIpc) is 3.44. The van der Waals surface area contributed by atoms with Crippen molar-refractivity contribution in [1.82, 2.24) is 14.5 Å². The third-order valence-corrected chi connectivity index (χ3v) is 8.50. The number of nitrogens with zero attached hydrogens (tertiary/aromatic N) is 4. The van der Waals surface area contributed by atoms with E-state index in [-0.39, 0.29) is 5.56 Å². The summed E-state index contributed by atoms with van der Waals surface area (Å²) in [7, 11) is 0. The van der Waals surface area contributed by atoms with Crippen molar-refractivity contribution in [1.29, 1.82) is 0 Å². The maximum absolute atomic E-state index is 12.9. The van der Waals surface area contributed by atoms with Crippen molar-refractivity contribution in [2.45, 2.75) is 52.0 Å². The van der Waals surface area contributed by atoms with E-state index in [0.29, 0.717) is 17.8 Å². The second-order valence-electron chi connectivity index (χ2n) is 10.3. The number of pyridine rings is 1. The van der Waals surface area contributed by atoms with Gasteiger partial charge in [-0.2, -0.15) is 4.98 Å². The van der Waals surface area contributed by atoms with E-state index >= 15 is 0 Å². The number of piperidine rings is 1. The van der Waals surface area contributed by atoms with Gasteiger partial charge in [0, 0.05) is 48.7 Å². The molecule has 1 N–H and O–H groups in total. The molecular weight excluding hydrogens is 410 g/mol. The van der Waals surface area contributed by atoms with Crippen LogP contribution in [0.15, 0.2) is 47.4 Å². The van der Waals surface area contributed by atoms with Crippen LogP contribution in [-0.2, 0) is 6.54 Å². The molecule has 2 aromatic heterocycles. The van der Waals surface area contributed by atoms with Crippen molar-refractivity contribution in [2.75, 3.05) is 23.3 Å². The molecule has 6 nitrogen and oxygen atoms in total. The van der Waals surface area contributed by atoms with Crippen LogP contribution < -0.4 is 15.8 Å². The van der Waals surface area contributed by atoms with E-state index in [1.54, 1.807) is 6.07 Å². The molecule has 2 saturated carbocycles. The van der Waals surface area contributed by atoms with Gasteiger partial charge in [0.1, 0.15) is 5.65 Å². The van der Waals surface area contributed by atoms with Crippen LogP contribution >= 0.6 is 0 Å². The van der Waals surface area contributed by atoms with Crippen LogP contribution in [0.1, 0.15) is 45.4 Å². The van der Waals surface area contributed by atoms with E-state index in [2.05, 4.69) is 46.4 Å². The van der Waals surface area contributed by atoms with Crippen LogP contribution in [0.5, 0.6) is 0 Å². The minimum atomic E-state index is 0.0352. The fourth-order valence-corrected chi connectivity index (χ4v) is 6.57. The second kappa shape index (κ2) is 8.47. The molecule has 6 rings (SSSR count). The smallest absolute Gasteiger partial charge is 0.252 e. The summed E-state index contributed by atoms with van der Waals surface area (Å²) in [6.45, 7) is 5.41. The molecule has 6 heteroatoms. The van der Waals surface area contributed by atoms with Crippen molar-refractivity contribution in [3.8, 4) is 0 Å². The summed E-state index contributed by atoms with van der Waals surface area (Å²) >= 11 is 0. The van der Waals surface area contributed by atoms with Crippen molar-refractivity contribution >= 4 is 28.4 Å². The van der Waals surface area contributed by atoms with Gasteiger partial charge in [0.05, 0.1) is 0 Å². The number of rotatable bonds is 5. The number of nitrogens with one attached hydrogen (secondary N) is 1. The van der Waals surface area contributed by atoms with Crippen LogP contribution in [0.2, 0.25) is 0 Å². The minimum absolute atomic E-state index is 0.0352. The van der Waals surface area contributed by atoms with E-state index in [1.807, 2.05) is 16.8 Å². The number of hydrogen-bond acceptors (Lipinski definition) is 5. The number of hydrogen-bond donors (Lipinski definition) is 1. The van der Waals surface area contributed by atoms with Gasteiger partial charge < -0.3 is 10.2 Å². The van der Waals surface area contributed by atoms with Crippen LogP contribution in [0.3, 0.4) is 0 Å². The van der Waals surface area contributed by atoms with Crippen LogP contribution in [0, 0.1) is 23.7 Å². The van der Waals surface area contributed by atoms with Gasteiger partial charge in [-0.15, -0.1) is 0 Å². The maximum atomic E-state index is 12.9. The lowest BCUT2D eigenvalue weighted by Gasteiger charge is -2.29. The fraction of sp³-hybridized carbons (Fsp3) is 0.519. The lowest BCUT2D eigenvalue weighted by molar-refractivity contribution is 0.213. The van der Waals surface area contributed by atoms with E-state index < -0.39 is 0 Å². The first-order valence-electron chi connectivity index (χ1n) is 12.6. The Hall–Kier alpha value is -2.89. The van der Waals surface area contributed by atoms with Crippen LogP contribution in [0.4, 0.5) is 17.3 Å². The van der Waals surface area contributed by atoms with Gasteiger partial charge in [-0.1, -0.05) is 6.92 Å². The average molecular weight is 444 g/mol. The minimum Gasteiger partial charge on any atom is -0.372 e. The quantitative estimate of drug-likeness (QED) is 0.587. The first kappa shape index (κ1) is 20.7. The monoisotopic (exact) mass is 443 g/mol. The van der Waals surface area contributed by atoms with Gasteiger partial charge in [-0.05, 0) is 92.5 Å². The van der Waals surface area contributed by atoms with Crippen molar-refractivity contribution in [2.24, 2.45) is 23.7 Å². The topological polar surface area (TPSA) is 63.1 Å².